The van der Waals surface area contributed by atoms with Crippen molar-refractivity contribution in [3.05, 3.63) is 70.5 Å². The second kappa shape index (κ2) is 8.32. The van der Waals surface area contributed by atoms with Crippen LogP contribution in [0.2, 0.25) is 0 Å². The van der Waals surface area contributed by atoms with Crippen LogP contribution in [0.3, 0.4) is 0 Å². The van der Waals surface area contributed by atoms with Crippen molar-refractivity contribution in [1.82, 2.24) is 5.06 Å². The van der Waals surface area contributed by atoms with Crippen LogP contribution in [-0.4, -0.2) is 36.2 Å². The Kier molecular flexibility index (Phi) is 5.99. The highest BCUT2D eigenvalue weighted by molar-refractivity contribution is 6.23. The van der Waals surface area contributed by atoms with Crippen LogP contribution in [0.4, 0.5) is 0 Å². The smallest absolute Gasteiger partial charge is 0.349 e. The van der Waals surface area contributed by atoms with Gasteiger partial charge in [0, 0.05) is 0 Å². The molecule has 30 heavy (non-hydrogen) atoms. The average molecular weight is 409 g/mol. The number of carbonyl (C=O) groups excluding carboxylic acids is 2. The summed E-state index contributed by atoms with van der Waals surface area (Å²) in [6.07, 6.45) is 0. The van der Waals surface area contributed by atoms with Gasteiger partial charge >= 0.3 is 5.97 Å². The number of nitrogens with zero attached hydrogens (tertiary/aromatic N) is 1. The number of rotatable bonds is 6. The molecule has 2 aromatic rings. The van der Waals surface area contributed by atoms with Gasteiger partial charge in [-0.2, -0.15) is 0 Å². The molecule has 0 aliphatic carbocycles. The lowest BCUT2D eigenvalue weighted by molar-refractivity contribution is -0.191. The quantitative estimate of drug-likeness (QED) is 0.672. The van der Waals surface area contributed by atoms with E-state index in [0.29, 0.717) is 11.3 Å². The molecule has 1 amide bonds. The lowest BCUT2D eigenvalue weighted by Gasteiger charge is -2.30. The standard InChI is InChI=1S/C24H27NO5/c1-15-12-16(2)20(17(3)13-15)21-22(24(4,5)25(28-6)23(21)27)30-19(26)14-29-18-10-8-7-9-11-18/h7-13H,14H2,1-6H3. The largest absolute Gasteiger partial charge is 0.482 e. The third-order valence-corrected chi connectivity index (χ3v) is 5.11. The van der Waals surface area contributed by atoms with Crippen LogP contribution < -0.4 is 4.74 Å². The lowest BCUT2D eigenvalue weighted by Crippen LogP contribution is -2.43. The molecule has 158 valence electrons. The van der Waals surface area contributed by atoms with Gasteiger partial charge in [-0.1, -0.05) is 35.9 Å². The maximum Gasteiger partial charge on any atom is 0.349 e. The summed E-state index contributed by atoms with van der Waals surface area (Å²) < 4.78 is 11.2. The number of esters is 1. The summed E-state index contributed by atoms with van der Waals surface area (Å²) in [4.78, 5) is 31.2. The third-order valence-electron chi connectivity index (χ3n) is 5.11. The maximum absolute atomic E-state index is 13.2. The zero-order valence-corrected chi connectivity index (χ0v) is 18.2. The fourth-order valence-corrected chi connectivity index (χ4v) is 3.93. The monoisotopic (exact) mass is 409 g/mol. The molecule has 0 saturated heterocycles. The van der Waals surface area contributed by atoms with Crippen molar-refractivity contribution in [2.45, 2.75) is 40.2 Å². The summed E-state index contributed by atoms with van der Waals surface area (Å²) >= 11 is 0. The highest BCUT2D eigenvalue weighted by atomic mass is 16.7. The predicted octanol–water partition coefficient (Wildman–Crippen LogP) is 4.13. The minimum Gasteiger partial charge on any atom is -0.482 e. The average Bonchev–Trinajstić information content (AvgIpc) is 2.86. The van der Waals surface area contributed by atoms with E-state index in [1.807, 2.05) is 51.1 Å². The Morgan fingerprint density at radius 2 is 1.63 bits per heavy atom. The third kappa shape index (κ3) is 3.96. The fourth-order valence-electron chi connectivity index (χ4n) is 3.93. The first kappa shape index (κ1) is 21.6. The highest BCUT2D eigenvalue weighted by Crippen LogP contribution is 2.42. The summed E-state index contributed by atoms with van der Waals surface area (Å²) in [5.41, 5.74) is 3.08. The molecule has 1 heterocycles. The van der Waals surface area contributed by atoms with Gasteiger partial charge in [0.15, 0.2) is 6.61 Å². The van der Waals surface area contributed by atoms with Crippen molar-refractivity contribution in [2.75, 3.05) is 13.7 Å². The Bertz CT molecular complexity index is 985. The molecular weight excluding hydrogens is 382 g/mol. The van der Waals surface area contributed by atoms with Crippen LogP contribution in [0.15, 0.2) is 48.2 Å². The number of ether oxygens (including phenoxy) is 2. The van der Waals surface area contributed by atoms with Crippen molar-refractivity contribution in [3.8, 4) is 5.75 Å². The normalized spacial score (nSPS) is 15.5. The minimum atomic E-state index is -0.965. The molecule has 0 radical (unpaired) electrons. The van der Waals surface area contributed by atoms with Gasteiger partial charge in [0.1, 0.15) is 17.0 Å². The predicted molar refractivity (Wildman–Crippen MR) is 114 cm³/mol. The van der Waals surface area contributed by atoms with Crippen LogP contribution in [0.25, 0.3) is 5.57 Å². The van der Waals surface area contributed by atoms with Gasteiger partial charge in [-0.3, -0.25) is 9.63 Å². The van der Waals surface area contributed by atoms with Crippen LogP contribution in [0, 0.1) is 20.8 Å². The number of hydrogen-bond acceptors (Lipinski definition) is 5. The Hall–Kier alpha value is -3.12. The first-order valence-electron chi connectivity index (χ1n) is 9.77. The molecule has 6 nitrogen and oxygen atoms in total. The molecule has 1 aliphatic heterocycles. The van der Waals surface area contributed by atoms with Gasteiger partial charge in [-0.05, 0) is 63.4 Å². The lowest BCUT2D eigenvalue weighted by atomic mass is 9.91. The van der Waals surface area contributed by atoms with Crippen molar-refractivity contribution in [2.24, 2.45) is 0 Å². The van der Waals surface area contributed by atoms with E-state index >= 15 is 0 Å². The summed E-state index contributed by atoms with van der Waals surface area (Å²) in [5, 5.41) is 1.24. The van der Waals surface area contributed by atoms with E-state index in [9.17, 15) is 9.59 Å². The molecule has 1 aliphatic rings. The molecule has 2 aromatic carbocycles. The summed E-state index contributed by atoms with van der Waals surface area (Å²) in [7, 11) is 1.43. The van der Waals surface area contributed by atoms with Crippen LogP contribution in [-0.2, 0) is 19.2 Å². The number of hydroxylamine groups is 2. The zero-order chi connectivity index (χ0) is 22.1. The Morgan fingerprint density at radius 1 is 1.03 bits per heavy atom. The molecule has 3 rings (SSSR count). The Balaban J connectivity index is 1.99. The van der Waals surface area contributed by atoms with E-state index in [1.165, 1.54) is 12.2 Å². The topological polar surface area (TPSA) is 65.1 Å². The van der Waals surface area contributed by atoms with Gasteiger partial charge < -0.3 is 9.47 Å². The second-order valence-corrected chi connectivity index (χ2v) is 7.89. The molecule has 0 N–H and O–H groups in total. The number of aryl methyl sites for hydroxylation is 3. The molecule has 0 bridgehead atoms. The number of hydrogen-bond donors (Lipinski definition) is 0. The van der Waals surface area contributed by atoms with Gasteiger partial charge in [0.2, 0.25) is 0 Å². The SMILES string of the molecule is CON1C(=O)C(c2c(C)cc(C)cc2C)=C(OC(=O)COc2ccccc2)C1(C)C. The van der Waals surface area contributed by atoms with Crippen LogP contribution >= 0.6 is 0 Å². The van der Waals surface area contributed by atoms with Gasteiger partial charge in [-0.25, -0.2) is 9.86 Å². The molecule has 6 heteroatoms. The first-order chi connectivity index (χ1) is 14.2. The molecule has 0 aromatic heterocycles. The maximum atomic E-state index is 13.2. The van der Waals surface area contributed by atoms with Gasteiger partial charge in [-0.15, -0.1) is 0 Å². The summed E-state index contributed by atoms with van der Waals surface area (Å²) in [5.74, 6) is -0.114. The van der Waals surface area contributed by atoms with Crippen molar-refractivity contribution < 1.29 is 23.9 Å². The van der Waals surface area contributed by atoms with E-state index in [4.69, 9.17) is 14.3 Å². The van der Waals surface area contributed by atoms with Crippen molar-refractivity contribution in [3.63, 3.8) is 0 Å². The molecule has 0 saturated carbocycles. The molecular formula is C24H27NO5. The van der Waals surface area contributed by atoms with Gasteiger partial charge in [0.25, 0.3) is 5.91 Å². The Labute approximate surface area is 177 Å². The van der Waals surface area contributed by atoms with Gasteiger partial charge in [0.05, 0.1) is 12.7 Å². The molecule has 0 spiro atoms. The van der Waals surface area contributed by atoms with E-state index in [0.717, 1.165) is 22.3 Å². The summed E-state index contributed by atoms with van der Waals surface area (Å²) in [6, 6.07) is 13.0. The minimum absolute atomic E-state index is 0.256. The molecule has 0 fully saturated rings. The van der Waals surface area contributed by atoms with E-state index in [2.05, 4.69) is 0 Å². The molecule has 0 unspecified atom stereocenters. The number of amides is 1. The summed E-state index contributed by atoms with van der Waals surface area (Å²) in [6.45, 7) is 9.17. The highest BCUT2D eigenvalue weighted by Gasteiger charge is 2.49. The zero-order valence-electron chi connectivity index (χ0n) is 18.2. The van der Waals surface area contributed by atoms with E-state index in [1.54, 1.807) is 26.0 Å². The second-order valence-electron chi connectivity index (χ2n) is 7.89. The number of para-hydroxylation sites is 1. The number of carbonyl (C=O) groups is 2. The van der Waals surface area contributed by atoms with Crippen molar-refractivity contribution in [1.29, 1.82) is 0 Å². The Morgan fingerprint density at radius 3 is 2.20 bits per heavy atom. The van der Waals surface area contributed by atoms with E-state index < -0.39 is 11.5 Å². The first-order valence-corrected chi connectivity index (χ1v) is 9.77. The fraction of sp³-hybridized carbons (Fsp3) is 0.333. The van der Waals surface area contributed by atoms with E-state index in [-0.39, 0.29) is 18.3 Å². The van der Waals surface area contributed by atoms with Crippen LogP contribution in [0.1, 0.15) is 36.1 Å². The van der Waals surface area contributed by atoms with Crippen molar-refractivity contribution >= 4 is 17.4 Å². The molecule has 0 atom stereocenters. The number of benzene rings is 2. The van der Waals surface area contributed by atoms with Crippen LogP contribution in [0.5, 0.6) is 5.75 Å².